The Bertz CT molecular complexity index is 1230. The minimum absolute atomic E-state index is 0.0304. The number of ketones is 1. The van der Waals surface area contributed by atoms with Gasteiger partial charge in [-0.2, -0.15) is 5.10 Å². The number of allylic oxidation sites excluding steroid dienone is 1. The molecular formula is C23H20BrN5O2S. The van der Waals surface area contributed by atoms with Gasteiger partial charge in [-0.1, -0.05) is 75.2 Å². The molecule has 0 spiro atoms. The van der Waals surface area contributed by atoms with Gasteiger partial charge in [0.1, 0.15) is 11.7 Å². The number of thioether (sulfide) groups is 1. The van der Waals surface area contributed by atoms with Crippen LogP contribution in [0.3, 0.4) is 0 Å². The summed E-state index contributed by atoms with van der Waals surface area (Å²) in [5.74, 6) is -0.252. The number of nitrogens with one attached hydrogen (secondary N) is 2. The van der Waals surface area contributed by atoms with Crippen molar-refractivity contribution in [3.05, 3.63) is 80.6 Å². The van der Waals surface area contributed by atoms with Gasteiger partial charge in [-0.3, -0.25) is 14.7 Å². The normalized spacial score (nSPS) is 15.5. The van der Waals surface area contributed by atoms with Gasteiger partial charge in [-0.25, -0.2) is 10.4 Å². The van der Waals surface area contributed by atoms with Crippen molar-refractivity contribution in [2.75, 3.05) is 5.75 Å². The van der Waals surface area contributed by atoms with Crippen LogP contribution in [0.2, 0.25) is 0 Å². The molecule has 0 radical (unpaired) electrons. The number of aromatic nitrogens is 3. The second kappa shape index (κ2) is 9.62. The largest absolute Gasteiger partial charge is 0.293 e. The maximum atomic E-state index is 13.1. The Kier molecular flexibility index (Phi) is 6.66. The van der Waals surface area contributed by atoms with Gasteiger partial charge in [-0.05, 0) is 37.1 Å². The number of nitrogens with zero attached hydrogens (tertiary/aromatic N) is 3. The van der Waals surface area contributed by atoms with E-state index in [2.05, 4.69) is 41.6 Å². The SMILES string of the molecule is CC1=Cc2ccc(Br)cc2C(=O)C1c1nc(SCC(=O)N/N=C/c2ccc(C)cc2)n[nH]1. The van der Waals surface area contributed by atoms with Crippen LogP contribution in [0.25, 0.3) is 6.08 Å². The van der Waals surface area contributed by atoms with Crippen molar-refractivity contribution in [3.8, 4) is 0 Å². The Morgan fingerprint density at radius 3 is 2.81 bits per heavy atom. The number of H-pyrrole nitrogens is 1. The van der Waals surface area contributed by atoms with Crippen molar-refractivity contribution in [2.45, 2.75) is 24.9 Å². The van der Waals surface area contributed by atoms with Crippen molar-refractivity contribution in [2.24, 2.45) is 5.10 Å². The summed E-state index contributed by atoms with van der Waals surface area (Å²) >= 11 is 4.60. The number of amides is 1. The highest BCUT2D eigenvalue weighted by Gasteiger charge is 2.32. The lowest BCUT2D eigenvalue weighted by Crippen LogP contribution is -2.20. The van der Waals surface area contributed by atoms with Gasteiger partial charge in [0.05, 0.1) is 12.0 Å². The fourth-order valence-electron chi connectivity index (χ4n) is 3.34. The number of hydrogen-bond acceptors (Lipinski definition) is 6. The summed E-state index contributed by atoms with van der Waals surface area (Å²) in [7, 11) is 0. The molecule has 4 rings (SSSR count). The summed E-state index contributed by atoms with van der Waals surface area (Å²) in [4.78, 5) is 29.6. The highest BCUT2D eigenvalue weighted by Crippen LogP contribution is 2.35. The first kappa shape index (κ1) is 22.2. The number of aromatic amines is 1. The number of fused-ring (bicyclic) bond motifs is 1. The molecule has 1 heterocycles. The first-order valence-electron chi connectivity index (χ1n) is 9.86. The van der Waals surface area contributed by atoms with Gasteiger partial charge >= 0.3 is 0 Å². The van der Waals surface area contributed by atoms with Crippen molar-refractivity contribution in [1.82, 2.24) is 20.6 Å². The van der Waals surface area contributed by atoms with E-state index >= 15 is 0 Å². The molecule has 0 fully saturated rings. The summed E-state index contributed by atoms with van der Waals surface area (Å²) < 4.78 is 0.848. The van der Waals surface area contributed by atoms with Crippen LogP contribution in [0.15, 0.2) is 62.8 Å². The molecule has 0 bridgehead atoms. The molecule has 1 atom stereocenters. The minimum Gasteiger partial charge on any atom is -0.293 e. The molecule has 0 saturated carbocycles. The van der Waals surface area contributed by atoms with Crippen molar-refractivity contribution < 1.29 is 9.59 Å². The lowest BCUT2D eigenvalue weighted by molar-refractivity contribution is -0.118. The zero-order chi connectivity index (χ0) is 22.7. The van der Waals surface area contributed by atoms with E-state index in [0.29, 0.717) is 16.5 Å². The maximum absolute atomic E-state index is 13.1. The second-order valence-corrected chi connectivity index (χ2v) is 9.27. The average molecular weight is 510 g/mol. The molecule has 1 amide bonds. The van der Waals surface area contributed by atoms with Crippen molar-refractivity contribution in [1.29, 1.82) is 0 Å². The lowest BCUT2D eigenvalue weighted by atomic mass is 9.82. The van der Waals surface area contributed by atoms with E-state index in [9.17, 15) is 9.59 Å². The molecule has 1 aromatic heterocycles. The quantitative estimate of drug-likeness (QED) is 0.289. The minimum atomic E-state index is -0.522. The number of benzene rings is 2. The summed E-state index contributed by atoms with van der Waals surface area (Å²) in [5, 5.41) is 11.4. The zero-order valence-electron chi connectivity index (χ0n) is 17.4. The molecule has 162 valence electrons. The van der Waals surface area contributed by atoms with E-state index in [0.717, 1.165) is 26.7 Å². The van der Waals surface area contributed by atoms with Crippen LogP contribution in [0, 0.1) is 6.92 Å². The lowest BCUT2D eigenvalue weighted by Gasteiger charge is -2.21. The molecule has 1 aliphatic carbocycles. The Hall–Kier alpha value is -3.04. The summed E-state index contributed by atoms with van der Waals surface area (Å²) in [6, 6.07) is 13.5. The van der Waals surface area contributed by atoms with Gasteiger partial charge < -0.3 is 0 Å². The van der Waals surface area contributed by atoms with Gasteiger partial charge in [0.25, 0.3) is 5.91 Å². The predicted molar refractivity (Wildman–Crippen MR) is 129 cm³/mol. The van der Waals surface area contributed by atoms with Crippen LogP contribution in [-0.2, 0) is 4.79 Å². The predicted octanol–water partition coefficient (Wildman–Crippen LogP) is 4.50. The van der Waals surface area contributed by atoms with Crippen LogP contribution in [0.5, 0.6) is 0 Å². The Balaban J connectivity index is 1.36. The molecular weight excluding hydrogens is 490 g/mol. The van der Waals surface area contributed by atoms with E-state index in [1.165, 1.54) is 11.8 Å². The van der Waals surface area contributed by atoms with Crippen LogP contribution < -0.4 is 5.43 Å². The van der Waals surface area contributed by atoms with Gasteiger partial charge in [-0.15, -0.1) is 5.10 Å². The van der Waals surface area contributed by atoms with Crippen LogP contribution >= 0.6 is 27.7 Å². The van der Waals surface area contributed by atoms with Crippen LogP contribution in [0.4, 0.5) is 0 Å². The Morgan fingerprint density at radius 1 is 1.25 bits per heavy atom. The summed E-state index contributed by atoms with van der Waals surface area (Å²) in [5.41, 5.74) is 6.98. The fourth-order valence-corrected chi connectivity index (χ4v) is 4.30. The standard InChI is InChI=1S/C23H20BrN5O2S/c1-13-3-5-15(6-4-13)11-25-27-19(30)12-32-23-26-22(28-29-23)20-14(2)9-16-7-8-17(24)10-18(16)21(20)31/h3-11,20H,12H2,1-2H3,(H,27,30)(H,26,28,29)/b25-11+. The monoisotopic (exact) mass is 509 g/mol. The summed E-state index contributed by atoms with van der Waals surface area (Å²) in [6.45, 7) is 3.91. The highest BCUT2D eigenvalue weighted by molar-refractivity contribution is 9.10. The topological polar surface area (TPSA) is 100 Å². The second-order valence-electron chi connectivity index (χ2n) is 7.41. The fraction of sp³-hybridized carbons (Fsp3) is 0.174. The molecule has 7 nitrogen and oxygen atoms in total. The van der Waals surface area contributed by atoms with E-state index in [-0.39, 0.29) is 17.4 Å². The zero-order valence-corrected chi connectivity index (χ0v) is 19.8. The third-order valence-corrected chi connectivity index (χ3v) is 6.29. The Morgan fingerprint density at radius 2 is 2.03 bits per heavy atom. The molecule has 2 aromatic carbocycles. The first-order valence-corrected chi connectivity index (χ1v) is 11.6. The van der Waals surface area contributed by atoms with E-state index in [4.69, 9.17) is 0 Å². The number of hydrogen-bond donors (Lipinski definition) is 2. The summed E-state index contributed by atoms with van der Waals surface area (Å²) in [6.07, 6.45) is 3.58. The number of halogens is 1. The molecule has 1 aliphatic rings. The number of carbonyl (C=O) groups excluding carboxylic acids is 2. The molecule has 0 saturated heterocycles. The number of hydrazone groups is 1. The van der Waals surface area contributed by atoms with E-state index in [1.807, 2.05) is 62.4 Å². The molecule has 2 N–H and O–H groups in total. The Labute approximate surface area is 197 Å². The number of aryl methyl sites for hydroxylation is 1. The van der Waals surface area contributed by atoms with E-state index < -0.39 is 5.92 Å². The average Bonchev–Trinajstić information content (AvgIpc) is 3.23. The highest BCUT2D eigenvalue weighted by atomic mass is 79.9. The number of carbonyl (C=O) groups is 2. The van der Waals surface area contributed by atoms with Gasteiger partial charge in [0, 0.05) is 10.0 Å². The van der Waals surface area contributed by atoms with Crippen LogP contribution in [0.1, 0.15) is 45.7 Å². The van der Waals surface area contributed by atoms with Gasteiger partial charge in [0.2, 0.25) is 5.16 Å². The molecule has 1 unspecified atom stereocenters. The molecule has 32 heavy (non-hydrogen) atoms. The molecule has 9 heteroatoms. The van der Waals surface area contributed by atoms with Crippen molar-refractivity contribution >= 4 is 51.7 Å². The van der Waals surface area contributed by atoms with Crippen molar-refractivity contribution in [3.63, 3.8) is 0 Å². The van der Waals surface area contributed by atoms with Gasteiger partial charge in [0.15, 0.2) is 5.78 Å². The van der Waals surface area contributed by atoms with E-state index in [1.54, 1.807) is 6.21 Å². The number of rotatable bonds is 6. The molecule has 0 aliphatic heterocycles. The molecule has 3 aromatic rings. The number of Topliss-reactive ketones (excluding diaryl/α,β-unsaturated/α-hetero) is 1. The first-order chi connectivity index (χ1) is 15.4. The third-order valence-electron chi connectivity index (χ3n) is 4.95. The third kappa shape index (κ3) is 5.05. The maximum Gasteiger partial charge on any atom is 0.250 e. The van der Waals surface area contributed by atoms with Crippen LogP contribution in [-0.4, -0.2) is 38.8 Å². The smallest absolute Gasteiger partial charge is 0.250 e.